The van der Waals surface area contributed by atoms with Crippen molar-refractivity contribution >= 4 is 27.5 Å². The maximum Gasteiger partial charge on any atom is 0.267 e. The predicted octanol–water partition coefficient (Wildman–Crippen LogP) is 3.15. The highest BCUT2D eigenvalue weighted by atomic mass is 79.9. The molecule has 0 aromatic heterocycles. The summed E-state index contributed by atoms with van der Waals surface area (Å²) in [6, 6.07) is 6.03. The van der Waals surface area contributed by atoms with Gasteiger partial charge in [0.1, 0.15) is 5.75 Å². The summed E-state index contributed by atoms with van der Waals surface area (Å²) >= 11 is 3.64. The summed E-state index contributed by atoms with van der Waals surface area (Å²) in [5, 5.41) is 0. The summed E-state index contributed by atoms with van der Waals surface area (Å²) < 4.78 is 5.64. The van der Waals surface area contributed by atoms with Crippen molar-refractivity contribution in [1.29, 1.82) is 0 Å². The Balaban J connectivity index is 2.35. The van der Waals surface area contributed by atoms with Crippen LogP contribution in [0.3, 0.4) is 0 Å². The van der Waals surface area contributed by atoms with Gasteiger partial charge in [0.05, 0.1) is 5.69 Å². The minimum atomic E-state index is -0.402. The zero-order valence-corrected chi connectivity index (χ0v) is 12.7. The molecule has 3 nitrogen and oxygen atoms in total. The van der Waals surface area contributed by atoms with Crippen LogP contribution in [0.4, 0.5) is 5.69 Å². The Morgan fingerprint density at radius 3 is 2.72 bits per heavy atom. The fraction of sp³-hybridized carbons (Fsp3) is 0.500. The summed E-state index contributed by atoms with van der Waals surface area (Å²) in [7, 11) is 1.79. The topological polar surface area (TPSA) is 29.5 Å². The molecule has 0 saturated heterocycles. The largest absolute Gasteiger partial charge is 0.479 e. The summed E-state index contributed by atoms with van der Waals surface area (Å²) in [6.07, 6.45) is 0.499. The quantitative estimate of drug-likeness (QED) is 0.785. The number of ether oxygens (including phenoxy) is 1. The Kier molecular flexibility index (Phi) is 3.41. The number of likely N-dealkylation sites (N-methyl/N-ethyl adjacent to an activating group) is 1. The van der Waals surface area contributed by atoms with Gasteiger partial charge in [-0.2, -0.15) is 0 Å². The van der Waals surface area contributed by atoms with E-state index < -0.39 is 6.10 Å². The lowest BCUT2D eigenvalue weighted by Crippen LogP contribution is -2.42. The Bertz CT molecular complexity index is 479. The van der Waals surface area contributed by atoms with Crippen molar-refractivity contribution in [2.24, 2.45) is 0 Å². The molecule has 0 fully saturated rings. The number of benzene rings is 1. The molecule has 1 aliphatic rings. The van der Waals surface area contributed by atoms with E-state index in [0.29, 0.717) is 0 Å². The van der Waals surface area contributed by atoms with Crippen LogP contribution in [0.15, 0.2) is 18.2 Å². The van der Waals surface area contributed by atoms with Crippen LogP contribution in [0.5, 0.6) is 5.75 Å². The number of carbonyl (C=O) groups excluding carboxylic acids is 1. The molecule has 0 aliphatic carbocycles. The molecule has 2 rings (SSSR count). The van der Waals surface area contributed by atoms with Crippen LogP contribution in [0.25, 0.3) is 0 Å². The molecule has 0 spiro atoms. The van der Waals surface area contributed by atoms with Crippen LogP contribution in [-0.4, -0.2) is 23.4 Å². The summed E-state index contributed by atoms with van der Waals surface area (Å²) in [5.41, 5.74) is 2.04. The standard InChI is InChI=1S/C14H18BrNO2/c1-9-13(17)16(4)11-7-10(8-14(2,3)15)5-6-12(11)18-9/h5-7,9H,8H2,1-4H3. The van der Waals surface area contributed by atoms with E-state index in [9.17, 15) is 4.79 Å². The number of alkyl halides is 1. The normalized spacial score (nSPS) is 19.5. The van der Waals surface area contributed by atoms with E-state index in [1.54, 1.807) is 18.9 Å². The predicted molar refractivity (Wildman–Crippen MR) is 76.7 cm³/mol. The van der Waals surface area contributed by atoms with Crippen molar-refractivity contribution < 1.29 is 9.53 Å². The number of anilines is 1. The second kappa shape index (κ2) is 4.57. The smallest absolute Gasteiger partial charge is 0.267 e. The van der Waals surface area contributed by atoms with E-state index >= 15 is 0 Å². The van der Waals surface area contributed by atoms with E-state index in [-0.39, 0.29) is 10.2 Å². The van der Waals surface area contributed by atoms with Crippen LogP contribution in [0.2, 0.25) is 0 Å². The van der Waals surface area contributed by atoms with Gasteiger partial charge in [-0.3, -0.25) is 4.79 Å². The lowest BCUT2D eigenvalue weighted by molar-refractivity contribution is -0.125. The van der Waals surface area contributed by atoms with Gasteiger partial charge in [-0.05, 0) is 44.9 Å². The number of fused-ring (bicyclic) bond motifs is 1. The lowest BCUT2D eigenvalue weighted by Gasteiger charge is -2.31. The number of halogens is 1. The number of carbonyl (C=O) groups is 1. The maximum atomic E-state index is 11.9. The summed E-state index contributed by atoms with van der Waals surface area (Å²) in [4.78, 5) is 13.6. The molecule has 1 unspecified atom stereocenters. The SMILES string of the molecule is CC1Oc2ccc(CC(C)(C)Br)cc2N(C)C1=O. The molecule has 0 N–H and O–H groups in total. The second-order valence-electron chi connectivity index (χ2n) is 5.35. The third-order valence-corrected chi connectivity index (χ3v) is 3.27. The first kappa shape index (κ1) is 13.4. The van der Waals surface area contributed by atoms with Gasteiger partial charge in [0.2, 0.25) is 0 Å². The maximum absolute atomic E-state index is 11.9. The van der Waals surface area contributed by atoms with Gasteiger partial charge in [-0.1, -0.05) is 22.0 Å². The third-order valence-electron chi connectivity index (χ3n) is 2.99. The fourth-order valence-corrected chi connectivity index (χ4v) is 2.48. The molecule has 1 aliphatic heterocycles. The Morgan fingerprint density at radius 1 is 1.44 bits per heavy atom. The molecule has 4 heteroatoms. The van der Waals surface area contributed by atoms with E-state index in [2.05, 4.69) is 35.8 Å². The van der Waals surface area contributed by atoms with E-state index in [1.807, 2.05) is 12.1 Å². The highest BCUT2D eigenvalue weighted by Crippen LogP contribution is 2.35. The van der Waals surface area contributed by atoms with Gasteiger partial charge < -0.3 is 9.64 Å². The van der Waals surface area contributed by atoms with Crippen LogP contribution >= 0.6 is 15.9 Å². The number of nitrogens with zero attached hydrogens (tertiary/aromatic N) is 1. The van der Waals surface area contributed by atoms with Gasteiger partial charge in [0.15, 0.2) is 6.10 Å². The number of hydrogen-bond acceptors (Lipinski definition) is 2. The van der Waals surface area contributed by atoms with Gasteiger partial charge in [0, 0.05) is 11.4 Å². The lowest BCUT2D eigenvalue weighted by atomic mass is 10.0. The Morgan fingerprint density at radius 2 is 2.11 bits per heavy atom. The van der Waals surface area contributed by atoms with Crippen LogP contribution in [0.1, 0.15) is 26.3 Å². The highest BCUT2D eigenvalue weighted by Gasteiger charge is 2.29. The van der Waals surface area contributed by atoms with Crippen LogP contribution < -0.4 is 9.64 Å². The van der Waals surface area contributed by atoms with Crippen LogP contribution in [-0.2, 0) is 11.2 Å². The Labute approximate surface area is 116 Å². The first-order valence-corrected chi connectivity index (χ1v) is 6.83. The fourth-order valence-electron chi connectivity index (χ4n) is 2.15. The molecule has 1 heterocycles. The van der Waals surface area contributed by atoms with Crippen molar-refractivity contribution in [3.8, 4) is 5.75 Å². The minimum Gasteiger partial charge on any atom is -0.479 e. The van der Waals surface area contributed by atoms with E-state index in [1.165, 1.54) is 5.56 Å². The van der Waals surface area contributed by atoms with Crippen molar-refractivity contribution in [1.82, 2.24) is 0 Å². The van der Waals surface area contributed by atoms with Gasteiger partial charge in [-0.25, -0.2) is 0 Å². The molecule has 1 atom stereocenters. The van der Waals surface area contributed by atoms with Gasteiger partial charge in [0.25, 0.3) is 5.91 Å². The number of hydrogen-bond donors (Lipinski definition) is 0. The van der Waals surface area contributed by atoms with Crippen molar-refractivity contribution in [2.75, 3.05) is 11.9 Å². The van der Waals surface area contributed by atoms with Crippen molar-refractivity contribution in [3.05, 3.63) is 23.8 Å². The minimum absolute atomic E-state index is 0.00208. The monoisotopic (exact) mass is 311 g/mol. The molecular formula is C14H18BrNO2. The average Bonchev–Trinajstić information content (AvgIpc) is 2.25. The van der Waals surface area contributed by atoms with Crippen LogP contribution in [0, 0.1) is 0 Å². The molecule has 1 aromatic carbocycles. The molecule has 98 valence electrons. The first-order valence-electron chi connectivity index (χ1n) is 6.04. The molecular weight excluding hydrogens is 294 g/mol. The molecule has 0 saturated carbocycles. The molecule has 1 aromatic rings. The number of amides is 1. The first-order chi connectivity index (χ1) is 8.28. The van der Waals surface area contributed by atoms with Gasteiger partial charge >= 0.3 is 0 Å². The molecule has 18 heavy (non-hydrogen) atoms. The van der Waals surface area contributed by atoms with Crippen molar-refractivity contribution in [3.63, 3.8) is 0 Å². The highest BCUT2D eigenvalue weighted by molar-refractivity contribution is 9.10. The van der Waals surface area contributed by atoms with Gasteiger partial charge in [-0.15, -0.1) is 0 Å². The number of rotatable bonds is 2. The zero-order chi connectivity index (χ0) is 13.5. The molecule has 0 bridgehead atoms. The van der Waals surface area contributed by atoms with E-state index in [0.717, 1.165) is 17.9 Å². The molecule has 0 radical (unpaired) electrons. The van der Waals surface area contributed by atoms with Crippen molar-refractivity contribution in [2.45, 2.75) is 37.6 Å². The average molecular weight is 312 g/mol. The molecule has 1 amide bonds. The summed E-state index contributed by atoms with van der Waals surface area (Å²) in [6.45, 7) is 6.02. The van der Waals surface area contributed by atoms with E-state index in [4.69, 9.17) is 4.74 Å². The Hall–Kier alpha value is -1.03. The zero-order valence-electron chi connectivity index (χ0n) is 11.2. The summed E-state index contributed by atoms with van der Waals surface area (Å²) in [5.74, 6) is 0.776. The third kappa shape index (κ3) is 2.69. The second-order valence-corrected chi connectivity index (χ2v) is 7.50.